The summed E-state index contributed by atoms with van der Waals surface area (Å²) in [7, 11) is 0. The number of nitrogens with two attached hydrogens (primary N) is 1. The number of hydrogen-bond acceptors (Lipinski definition) is 1. The third-order valence-electron chi connectivity index (χ3n) is 2.80. The second kappa shape index (κ2) is 5.98. The Bertz CT molecular complexity index is 510. The van der Waals surface area contributed by atoms with Crippen LogP contribution in [-0.2, 0) is 12.8 Å². The Balaban J connectivity index is 1.96. The maximum atomic E-state index is 12.8. The summed E-state index contributed by atoms with van der Waals surface area (Å²) in [6, 6.07) is 14.2. The molecule has 94 valence electrons. The van der Waals surface area contributed by atoms with Gasteiger partial charge in [-0.25, -0.2) is 4.39 Å². The fourth-order valence-electron chi connectivity index (χ4n) is 1.96. The SMILES string of the molecule is NC(Cc1ccc(F)cc1)Cc1cccc(Cl)c1. The minimum atomic E-state index is -0.220. The van der Waals surface area contributed by atoms with Gasteiger partial charge in [-0.1, -0.05) is 35.9 Å². The van der Waals surface area contributed by atoms with Crippen molar-refractivity contribution in [2.75, 3.05) is 0 Å². The largest absolute Gasteiger partial charge is 0.327 e. The highest BCUT2D eigenvalue weighted by Gasteiger charge is 2.06. The lowest BCUT2D eigenvalue weighted by Crippen LogP contribution is -2.25. The van der Waals surface area contributed by atoms with Gasteiger partial charge >= 0.3 is 0 Å². The zero-order chi connectivity index (χ0) is 13.0. The van der Waals surface area contributed by atoms with Gasteiger partial charge in [0.25, 0.3) is 0 Å². The summed E-state index contributed by atoms with van der Waals surface area (Å²) in [6.45, 7) is 0. The van der Waals surface area contributed by atoms with Crippen molar-refractivity contribution in [3.63, 3.8) is 0 Å². The Morgan fingerprint density at radius 3 is 2.33 bits per heavy atom. The van der Waals surface area contributed by atoms with Crippen LogP contribution in [0.5, 0.6) is 0 Å². The molecule has 1 atom stereocenters. The third kappa shape index (κ3) is 3.83. The van der Waals surface area contributed by atoms with Crippen molar-refractivity contribution in [1.29, 1.82) is 0 Å². The molecule has 0 bridgehead atoms. The zero-order valence-electron chi connectivity index (χ0n) is 9.94. The summed E-state index contributed by atoms with van der Waals surface area (Å²) < 4.78 is 12.8. The average Bonchev–Trinajstić information content (AvgIpc) is 2.32. The molecule has 2 aromatic rings. The summed E-state index contributed by atoms with van der Waals surface area (Å²) in [5.74, 6) is -0.220. The van der Waals surface area contributed by atoms with Crippen molar-refractivity contribution in [1.82, 2.24) is 0 Å². The Hall–Kier alpha value is -1.38. The lowest BCUT2D eigenvalue weighted by atomic mass is 10.00. The quantitative estimate of drug-likeness (QED) is 0.896. The monoisotopic (exact) mass is 263 g/mol. The third-order valence-corrected chi connectivity index (χ3v) is 3.03. The van der Waals surface area contributed by atoms with Crippen molar-refractivity contribution in [2.24, 2.45) is 5.73 Å². The molecule has 0 fully saturated rings. The van der Waals surface area contributed by atoms with E-state index in [0.29, 0.717) is 0 Å². The maximum absolute atomic E-state index is 12.8. The molecular formula is C15H15ClFN. The molecule has 2 rings (SSSR count). The van der Waals surface area contributed by atoms with Crippen molar-refractivity contribution >= 4 is 11.6 Å². The van der Waals surface area contributed by atoms with Crippen LogP contribution in [0.2, 0.25) is 5.02 Å². The molecule has 0 aliphatic carbocycles. The summed E-state index contributed by atoms with van der Waals surface area (Å²) in [6.07, 6.45) is 1.49. The Morgan fingerprint density at radius 2 is 1.67 bits per heavy atom. The van der Waals surface area contributed by atoms with E-state index >= 15 is 0 Å². The van der Waals surface area contributed by atoms with Gasteiger partial charge in [0.1, 0.15) is 5.82 Å². The van der Waals surface area contributed by atoms with Crippen LogP contribution in [0.25, 0.3) is 0 Å². The number of benzene rings is 2. The standard InChI is InChI=1S/C15H15ClFN/c16-13-3-1-2-12(8-13)10-15(18)9-11-4-6-14(17)7-5-11/h1-8,15H,9-10,18H2. The molecule has 0 spiro atoms. The fourth-order valence-corrected chi connectivity index (χ4v) is 2.17. The van der Waals surface area contributed by atoms with Crippen LogP contribution in [0.15, 0.2) is 48.5 Å². The highest BCUT2D eigenvalue weighted by Crippen LogP contribution is 2.13. The van der Waals surface area contributed by atoms with E-state index < -0.39 is 0 Å². The number of rotatable bonds is 4. The molecule has 0 aliphatic heterocycles. The van der Waals surface area contributed by atoms with Gasteiger partial charge in [-0.05, 0) is 48.2 Å². The molecule has 2 aromatic carbocycles. The molecule has 0 radical (unpaired) electrons. The van der Waals surface area contributed by atoms with Gasteiger partial charge in [0.05, 0.1) is 0 Å². The summed E-state index contributed by atoms with van der Waals surface area (Å²) in [5, 5.41) is 0.724. The molecule has 1 unspecified atom stereocenters. The van der Waals surface area contributed by atoms with E-state index in [1.54, 1.807) is 12.1 Å². The van der Waals surface area contributed by atoms with Crippen LogP contribution in [0.1, 0.15) is 11.1 Å². The molecule has 1 nitrogen and oxygen atoms in total. The lowest BCUT2D eigenvalue weighted by molar-refractivity contribution is 0.623. The second-order valence-electron chi connectivity index (χ2n) is 4.42. The number of halogens is 2. The second-order valence-corrected chi connectivity index (χ2v) is 4.86. The van der Waals surface area contributed by atoms with Crippen molar-refractivity contribution in [3.8, 4) is 0 Å². The molecule has 0 aliphatic rings. The van der Waals surface area contributed by atoms with E-state index in [0.717, 1.165) is 29.0 Å². The van der Waals surface area contributed by atoms with Crippen LogP contribution < -0.4 is 5.73 Å². The predicted molar refractivity (Wildman–Crippen MR) is 73.2 cm³/mol. The van der Waals surface area contributed by atoms with E-state index in [2.05, 4.69) is 0 Å². The van der Waals surface area contributed by atoms with Crippen LogP contribution >= 0.6 is 11.6 Å². The summed E-state index contributed by atoms with van der Waals surface area (Å²) in [4.78, 5) is 0. The van der Waals surface area contributed by atoms with E-state index in [-0.39, 0.29) is 11.9 Å². The number of hydrogen-bond donors (Lipinski definition) is 1. The highest BCUT2D eigenvalue weighted by atomic mass is 35.5. The van der Waals surface area contributed by atoms with E-state index in [4.69, 9.17) is 17.3 Å². The van der Waals surface area contributed by atoms with Gasteiger partial charge in [-0.15, -0.1) is 0 Å². The van der Waals surface area contributed by atoms with Gasteiger partial charge in [0.2, 0.25) is 0 Å². The average molecular weight is 264 g/mol. The van der Waals surface area contributed by atoms with E-state index in [9.17, 15) is 4.39 Å². The summed E-state index contributed by atoms with van der Waals surface area (Å²) in [5.41, 5.74) is 8.26. The molecule has 3 heteroatoms. The first-order valence-electron chi connectivity index (χ1n) is 5.88. The maximum Gasteiger partial charge on any atom is 0.123 e. The summed E-state index contributed by atoms with van der Waals surface area (Å²) >= 11 is 5.92. The van der Waals surface area contributed by atoms with Crippen molar-refractivity contribution < 1.29 is 4.39 Å². The Morgan fingerprint density at radius 1 is 1.00 bits per heavy atom. The zero-order valence-corrected chi connectivity index (χ0v) is 10.7. The Labute approximate surface area is 111 Å². The van der Waals surface area contributed by atoms with Crippen molar-refractivity contribution in [3.05, 3.63) is 70.5 Å². The highest BCUT2D eigenvalue weighted by molar-refractivity contribution is 6.30. The fraction of sp³-hybridized carbons (Fsp3) is 0.200. The lowest BCUT2D eigenvalue weighted by Gasteiger charge is -2.12. The molecule has 2 N–H and O–H groups in total. The predicted octanol–water partition coefficient (Wildman–Crippen LogP) is 3.59. The first kappa shape index (κ1) is 13.1. The van der Waals surface area contributed by atoms with Gasteiger partial charge < -0.3 is 5.73 Å². The van der Waals surface area contributed by atoms with Crippen LogP contribution in [0.3, 0.4) is 0 Å². The van der Waals surface area contributed by atoms with Crippen LogP contribution in [0.4, 0.5) is 4.39 Å². The van der Waals surface area contributed by atoms with E-state index in [1.807, 2.05) is 24.3 Å². The van der Waals surface area contributed by atoms with Crippen molar-refractivity contribution in [2.45, 2.75) is 18.9 Å². The smallest absolute Gasteiger partial charge is 0.123 e. The molecule has 0 saturated heterocycles. The molecule has 0 heterocycles. The molecule has 18 heavy (non-hydrogen) atoms. The normalized spacial score (nSPS) is 12.4. The van der Waals surface area contributed by atoms with Gasteiger partial charge in [-0.3, -0.25) is 0 Å². The van der Waals surface area contributed by atoms with Crippen LogP contribution in [-0.4, -0.2) is 6.04 Å². The first-order valence-corrected chi connectivity index (χ1v) is 6.26. The van der Waals surface area contributed by atoms with Gasteiger partial charge in [0, 0.05) is 11.1 Å². The van der Waals surface area contributed by atoms with Gasteiger partial charge in [0.15, 0.2) is 0 Å². The minimum absolute atomic E-state index is 0.00827. The molecule has 0 amide bonds. The van der Waals surface area contributed by atoms with E-state index in [1.165, 1.54) is 12.1 Å². The van der Waals surface area contributed by atoms with Gasteiger partial charge in [-0.2, -0.15) is 0 Å². The molecule has 0 aromatic heterocycles. The van der Waals surface area contributed by atoms with Crippen LogP contribution in [0, 0.1) is 5.82 Å². The first-order chi connectivity index (χ1) is 8.63. The molecular weight excluding hydrogens is 249 g/mol. The Kier molecular flexibility index (Phi) is 4.34. The topological polar surface area (TPSA) is 26.0 Å². The minimum Gasteiger partial charge on any atom is -0.327 e. The molecule has 0 saturated carbocycles.